The number of phenolic OH excluding ortho intramolecular Hbond substituents is 1. The minimum absolute atomic E-state index is 0.104. The van der Waals surface area contributed by atoms with Gasteiger partial charge in [-0.2, -0.15) is 0 Å². The number of nitrogens with one attached hydrogen (secondary N) is 1. The SMILES string of the molecule is Oc1ccccc1OCC(O)CN1CCNCC1. The first-order valence-electron chi connectivity index (χ1n) is 6.27. The number of para-hydroxylation sites is 2. The van der Waals surface area contributed by atoms with Gasteiger partial charge >= 0.3 is 0 Å². The molecule has 1 aromatic carbocycles. The second-order valence-corrected chi connectivity index (χ2v) is 4.48. The predicted octanol–water partition coefficient (Wildman–Crippen LogP) is 0.0371. The summed E-state index contributed by atoms with van der Waals surface area (Å²) in [6.45, 7) is 4.64. The molecule has 1 aliphatic heterocycles. The van der Waals surface area contributed by atoms with Crippen LogP contribution < -0.4 is 10.1 Å². The van der Waals surface area contributed by atoms with E-state index in [4.69, 9.17) is 4.74 Å². The average molecular weight is 252 g/mol. The summed E-state index contributed by atoms with van der Waals surface area (Å²) >= 11 is 0. The molecular weight excluding hydrogens is 232 g/mol. The summed E-state index contributed by atoms with van der Waals surface area (Å²) in [6, 6.07) is 6.78. The molecule has 0 aromatic heterocycles. The molecule has 1 aliphatic rings. The smallest absolute Gasteiger partial charge is 0.161 e. The molecule has 0 radical (unpaired) electrons. The number of hydrogen-bond donors (Lipinski definition) is 3. The fraction of sp³-hybridized carbons (Fsp3) is 0.538. The molecule has 1 heterocycles. The largest absolute Gasteiger partial charge is 0.504 e. The van der Waals surface area contributed by atoms with E-state index in [0.29, 0.717) is 12.3 Å². The van der Waals surface area contributed by atoms with Crippen LogP contribution >= 0.6 is 0 Å². The highest BCUT2D eigenvalue weighted by Crippen LogP contribution is 2.24. The number of aromatic hydroxyl groups is 1. The van der Waals surface area contributed by atoms with Crippen molar-refractivity contribution in [2.24, 2.45) is 0 Å². The Morgan fingerprint density at radius 2 is 2.00 bits per heavy atom. The van der Waals surface area contributed by atoms with E-state index in [-0.39, 0.29) is 12.4 Å². The molecule has 2 rings (SSSR count). The standard InChI is InChI=1S/C13H20N2O3/c16-11(9-15-7-5-14-6-8-15)10-18-13-4-2-1-3-12(13)17/h1-4,11,14,16-17H,5-10H2. The lowest BCUT2D eigenvalue weighted by atomic mass is 10.3. The van der Waals surface area contributed by atoms with Crippen molar-refractivity contribution in [2.75, 3.05) is 39.3 Å². The number of rotatable bonds is 5. The number of β-amino-alcohol motifs (C(OH)–C–C–N with tert-alkyl or cyclic N) is 1. The van der Waals surface area contributed by atoms with Gasteiger partial charge in [0.05, 0.1) is 0 Å². The van der Waals surface area contributed by atoms with Crippen LogP contribution in [0.3, 0.4) is 0 Å². The molecule has 0 bridgehead atoms. The van der Waals surface area contributed by atoms with Gasteiger partial charge in [-0.3, -0.25) is 4.90 Å². The van der Waals surface area contributed by atoms with Crippen LogP contribution in [0.2, 0.25) is 0 Å². The third kappa shape index (κ3) is 3.87. The number of piperazine rings is 1. The normalized spacial score (nSPS) is 18.5. The fourth-order valence-corrected chi connectivity index (χ4v) is 2.01. The molecule has 0 saturated carbocycles. The number of aliphatic hydroxyl groups is 1. The van der Waals surface area contributed by atoms with Gasteiger partial charge in [-0.05, 0) is 12.1 Å². The van der Waals surface area contributed by atoms with Crippen LogP contribution in [0.4, 0.5) is 0 Å². The Morgan fingerprint density at radius 3 is 2.72 bits per heavy atom. The van der Waals surface area contributed by atoms with Crippen molar-refractivity contribution < 1.29 is 14.9 Å². The topological polar surface area (TPSA) is 65.0 Å². The van der Waals surface area contributed by atoms with Crippen molar-refractivity contribution in [1.29, 1.82) is 0 Å². The van der Waals surface area contributed by atoms with Gasteiger partial charge in [0.15, 0.2) is 11.5 Å². The quantitative estimate of drug-likeness (QED) is 0.690. The monoisotopic (exact) mass is 252 g/mol. The van der Waals surface area contributed by atoms with E-state index in [1.54, 1.807) is 24.3 Å². The minimum atomic E-state index is -0.539. The molecular formula is C13H20N2O3. The molecule has 1 aromatic rings. The average Bonchev–Trinajstić information content (AvgIpc) is 2.39. The van der Waals surface area contributed by atoms with E-state index in [1.807, 2.05) is 0 Å². The molecule has 0 amide bonds. The zero-order valence-electron chi connectivity index (χ0n) is 10.4. The van der Waals surface area contributed by atoms with Gasteiger partial charge in [-0.1, -0.05) is 12.1 Å². The highest BCUT2D eigenvalue weighted by Gasteiger charge is 2.15. The van der Waals surface area contributed by atoms with Gasteiger partial charge in [-0.25, -0.2) is 0 Å². The van der Waals surface area contributed by atoms with Crippen molar-refractivity contribution in [1.82, 2.24) is 10.2 Å². The first-order chi connectivity index (χ1) is 8.75. The van der Waals surface area contributed by atoms with Gasteiger partial charge in [0.25, 0.3) is 0 Å². The Kier molecular flexibility index (Phi) is 4.81. The zero-order chi connectivity index (χ0) is 12.8. The molecule has 5 nitrogen and oxygen atoms in total. The lowest BCUT2D eigenvalue weighted by Crippen LogP contribution is -2.47. The van der Waals surface area contributed by atoms with Crippen molar-refractivity contribution in [3.05, 3.63) is 24.3 Å². The van der Waals surface area contributed by atoms with Gasteiger partial charge in [0, 0.05) is 32.7 Å². The highest BCUT2D eigenvalue weighted by molar-refractivity contribution is 5.37. The Bertz CT molecular complexity index is 367. The summed E-state index contributed by atoms with van der Waals surface area (Å²) in [5.41, 5.74) is 0. The summed E-state index contributed by atoms with van der Waals surface area (Å²) in [6.07, 6.45) is -0.539. The predicted molar refractivity (Wildman–Crippen MR) is 68.9 cm³/mol. The minimum Gasteiger partial charge on any atom is -0.504 e. The molecule has 5 heteroatoms. The lowest BCUT2D eigenvalue weighted by Gasteiger charge is -2.29. The number of benzene rings is 1. The summed E-state index contributed by atoms with van der Waals surface area (Å²) in [5, 5.41) is 22.7. The highest BCUT2D eigenvalue weighted by atomic mass is 16.5. The van der Waals surface area contributed by atoms with E-state index in [2.05, 4.69) is 10.2 Å². The maximum Gasteiger partial charge on any atom is 0.161 e. The molecule has 1 saturated heterocycles. The number of ether oxygens (including phenoxy) is 1. The van der Waals surface area contributed by atoms with Crippen LogP contribution in [0.1, 0.15) is 0 Å². The maximum atomic E-state index is 9.88. The van der Waals surface area contributed by atoms with E-state index >= 15 is 0 Å². The molecule has 3 N–H and O–H groups in total. The lowest BCUT2D eigenvalue weighted by molar-refractivity contribution is 0.0632. The maximum absolute atomic E-state index is 9.88. The van der Waals surface area contributed by atoms with Gasteiger partial charge in [0.1, 0.15) is 12.7 Å². The number of aliphatic hydroxyl groups excluding tert-OH is 1. The molecule has 0 spiro atoms. The molecule has 18 heavy (non-hydrogen) atoms. The third-order valence-corrected chi connectivity index (χ3v) is 2.98. The molecule has 100 valence electrons. The third-order valence-electron chi connectivity index (χ3n) is 2.98. The van der Waals surface area contributed by atoms with Gasteiger partial charge in [0.2, 0.25) is 0 Å². The van der Waals surface area contributed by atoms with Crippen molar-refractivity contribution in [2.45, 2.75) is 6.10 Å². The Labute approximate surface area is 107 Å². The summed E-state index contributed by atoms with van der Waals surface area (Å²) in [4.78, 5) is 2.20. The van der Waals surface area contributed by atoms with Crippen molar-refractivity contribution >= 4 is 0 Å². The van der Waals surface area contributed by atoms with E-state index < -0.39 is 6.10 Å². The summed E-state index contributed by atoms with van der Waals surface area (Å²) in [5.74, 6) is 0.517. The van der Waals surface area contributed by atoms with Crippen LogP contribution in [0.15, 0.2) is 24.3 Å². The summed E-state index contributed by atoms with van der Waals surface area (Å²) < 4.78 is 5.40. The molecule has 1 fully saturated rings. The van der Waals surface area contributed by atoms with E-state index in [0.717, 1.165) is 26.2 Å². The van der Waals surface area contributed by atoms with Crippen LogP contribution in [0.5, 0.6) is 11.5 Å². The van der Waals surface area contributed by atoms with Crippen molar-refractivity contribution in [3.63, 3.8) is 0 Å². The van der Waals surface area contributed by atoms with Gasteiger partial charge in [-0.15, -0.1) is 0 Å². The van der Waals surface area contributed by atoms with Gasteiger partial charge < -0.3 is 20.3 Å². The van der Waals surface area contributed by atoms with Crippen LogP contribution in [0.25, 0.3) is 0 Å². The summed E-state index contributed by atoms with van der Waals surface area (Å²) in [7, 11) is 0. The Balaban J connectivity index is 1.74. The fourth-order valence-electron chi connectivity index (χ4n) is 2.01. The molecule has 0 aliphatic carbocycles. The second kappa shape index (κ2) is 6.58. The Morgan fingerprint density at radius 1 is 1.28 bits per heavy atom. The zero-order valence-corrected chi connectivity index (χ0v) is 10.4. The second-order valence-electron chi connectivity index (χ2n) is 4.48. The van der Waals surface area contributed by atoms with Crippen LogP contribution in [0, 0.1) is 0 Å². The molecule has 1 atom stereocenters. The Hall–Kier alpha value is -1.30. The van der Waals surface area contributed by atoms with Crippen molar-refractivity contribution in [3.8, 4) is 11.5 Å². The van der Waals surface area contributed by atoms with E-state index in [1.165, 1.54) is 0 Å². The van der Waals surface area contributed by atoms with E-state index in [9.17, 15) is 10.2 Å². The molecule has 1 unspecified atom stereocenters. The first-order valence-corrected chi connectivity index (χ1v) is 6.27. The number of phenols is 1. The number of hydrogen-bond acceptors (Lipinski definition) is 5. The van der Waals surface area contributed by atoms with Crippen LogP contribution in [-0.2, 0) is 0 Å². The van der Waals surface area contributed by atoms with Crippen LogP contribution in [-0.4, -0.2) is 60.5 Å². The first kappa shape index (κ1) is 13.1. The number of nitrogens with zero attached hydrogens (tertiary/aromatic N) is 1.